The molecular weight excluding hydrogens is 332 g/mol. The average Bonchev–Trinajstić information content (AvgIpc) is 3.10. The van der Waals surface area contributed by atoms with Crippen LogP contribution in [-0.4, -0.2) is 34.3 Å². The quantitative estimate of drug-likeness (QED) is 0.755. The minimum Gasteiger partial charge on any atom is -0.486 e. The van der Waals surface area contributed by atoms with Crippen LogP contribution in [0.4, 0.5) is 5.82 Å². The Morgan fingerprint density at radius 1 is 1.19 bits per heavy atom. The minimum absolute atomic E-state index is 0.283. The molecule has 7 heteroatoms. The maximum Gasteiger partial charge on any atom is 0.260 e. The van der Waals surface area contributed by atoms with Gasteiger partial charge in [0.1, 0.15) is 13.2 Å². The summed E-state index contributed by atoms with van der Waals surface area (Å²) in [6.45, 7) is 2.92. The summed E-state index contributed by atoms with van der Waals surface area (Å²) in [5.41, 5.74) is 3.21. The van der Waals surface area contributed by atoms with Crippen molar-refractivity contribution in [1.29, 1.82) is 0 Å². The van der Waals surface area contributed by atoms with Crippen LogP contribution in [0.1, 0.15) is 22.8 Å². The third-order valence-corrected chi connectivity index (χ3v) is 4.23. The molecule has 2 N–H and O–H groups in total. The lowest BCUT2D eigenvalue weighted by Crippen LogP contribution is -2.20. The van der Waals surface area contributed by atoms with Crippen molar-refractivity contribution in [2.75, 3.05) is 18.5 Å². The number of aromatic nitrogens is 3. The number of nitrogens with zero attached hydrogens (tertiary/aromatic N) is 2. The molecule has 0 atom stereocenters. The normalized spacial score (nSPS) is 12.7. The smallest absolute Gasteiger partial charge is 0.260 e. The highest BCUT2D eigenvalue weighted by molar-refractivity contribution is 6.07. The van der Waals surface area contributed by atoms with Gasteiger partial charge in [-0.05, 0) is 30.7 Å². The number of hydrogen-bond acceptors (Lipinski definition) is 5. The molecule has 1 amide bonds. The van der Waals surface area contributed by atoms with Gasteiger partial charge in [0, 0.05) is 23.5 Å². The second-order valence-corrected chi connectivity index (χ2v) is 5.80. The van der Waals surface area contributed by atoms with Crippen LogP contribution in [0, 0.1) is 0 Å². The predicted octanol–water partition coefficient (Wildman–Crippen LogP) is 3.06. The Morgan fingerprint density at radius 2 is 2.00 bits per heavy atom. The van der Waals surface area contributed by atoms with E-state index in [1.165, 1.54) is 0 Å². The van der Waals surface area contributed by atoms with E-state index in [1.807, 2.05) is 19.1 Å². The number of hydrogen-bond donors (Lipinski definition) is 2. The van der Waals surface area contributed by atoms with Gasteiger partial charge < -0.3 is 14.8 Å². The SMILES string of the molecule is CCc1c(NC(=O)c2cccc3c2OCCO3)n[nH]c1-c1ccncc1. The number of pyridine rings is 1. The van der Waals surface area contributed by atoms with Gasteiger partial charge in [-0.3, -0.25) is 14.9 Å². The summed E-state index contributed by atoms with van der Waals surface area (Å²) in [5.74, 6) is 1.28. The molecule has 3 heterocycles. The molecule has 1 aliphatic heterocycles. The molecule has 0 bridgehead atoms. The van der Waals surface area contributed by atoms with E-state index in [4.69, 9.17) is 9.47 Å². The Balaban J connectivity index is 1.64. The highest BCUT2D eigenvalue weighted by Crippen LogP contribution is 2.34. The summed E-state index contributed by atoms with van der Waals surface area (Å²) in [6, 6.07) is 9.08. The third-order valence-electron chi connectivity index (χ3n) is 4.23. The van der Waals surface area contributed by atoms with Crippen LogP contribution < -0.4 is 14.8 Å². The van der Waals surface area contributed by atoms with Crippen molar-refractivity contribution >= 4 is 11.7 Å². The minimum atomic E-state index is -0.283. The van der Waals surface area contributed by atoms with Crippen molar-refractivity contribution in [1.82, 2.24) is 15.2 Å². The van der Waals surface area contributed by atoms with Gasteiger partial charge in [-0.25, -0.2) is 0 Å². The van der Waals surface area contributed by atoms with Crippen LogP contribution in [0.25, 0.3) is 11.3 Å². The zero-order valence-corrected chi connectivity index (χ0v) is 14.3. The van der Waals surface area contributed by atoms with Gasteiger partial charge in [-0.2, -0.15) is 5.10 Å². The Hall–Kier alpha value is -3.35. The molecule has 0 saturated carbocycles. The first-order valence-electron chi connectivity index (χ1n) is 8.45. The summed E-state index contributed by atoms with van der Waals surface area (Å²) in [4.78, 5) is 16.8. The molecule has 0 saturated heterocycles. The fourth-order valence-corrected chi connectivity index (χ4v) is 3.00. The second kappa shape index (κ2) is 6.87. The molecular formula is C19H18N4O3. The number of H-pyrrole nitrogens is 1. The molecule has 26 heavy (non-hydrogen) atoms. The first kappa shape index (κ1) is 16.1. The number of fused-ring (bicyclic) bond motifs is 1. The fourth-order valence-electron chi connectivity index (χ4n) is 3.00. The van der Waals surface area contributed by atoms with Crippen molar-refractivity contribution in [3.63, 3.8) is 0 Å². The van der Waals surface area contributed by atoms with Gasteiger partial charge in [0.2, 0.25) is 0 Å². The van der Waals surface area contributed by atoms with E-state index >= 15 is 0 Å². The van der Waals surface area contributed by atoms with Gasteiger partial charge in [0.15, 0.2) is 17.3 Å². The number of rotatable bonds is 4. The van der Waals surface area contributed by atoms with Crippen molar-refractivity contribution in [3.05, 3.63) is 53.9 Å². The van der Waals surface area contributed by atoms with E-state index < -0.39 is 0 Å². The standard InChI is InChI=1S/C19H18N4O3/c1-2-13-16(12-6-8-20-9-7-12)22-23-18(13)21-19(24)14-4-3-5-15-17(14)26-11-10-25-15/h3-9H,2,10-11H2,1H3,(H2,21,22,23,24). The molecule has 1 aliphatic rings. The van der Waals surface area contributed by atoms with Crippen LogP contribution >= 0.6 is 0 Å². The zero-order chi connectivity index (χ0) is 17.9. The zero-order valence-electron chi connectivity index (χ0n) is 14.3. The van der Waals surface area contributed by atoms with Gasteiger partial charge in [-0.15, -0.1) is 0 Å². The molecule has 3 aromatic rings. The molecule has 0 radical (unpaired) electrons. The summed E-state index contributed by atoms with van der Waals surface area (Å²) >= 11 is 0. The predicted molar refractivity (Wildman–Crippen MR) is 96.6 cm³/mol. The van der Waals surface area contributed by atoms with Crippen LogP contribution in [0.15, 0.2) is 42.7 Å². The molecule has 0 unspecified atom stereocenters. The molecule has 132 valence electrons. The summed E-state index contributed by atoms with van der Waals surface area (Å²) in [5, 5.41) is 10.2. The lowest BCUT2D eigenvalue weighted by Gasteiger charge is -2.20. The number of carbonyl (C=O) groups is 1. The number of amides is 1. The second-order valence-electron chi connectivity index (χ2n) is 5.80. The molecule has 1 aromatic carbocycles. The van der Waals surface area contributed by atoms with Crippen LogP contribution in [0.5, 0.6) is 11.5 Å². The van der Waals surface area contributed by atoms with Gasteiger partial charge in [0.25, 0.3) is 5.91 Å². The van der Waals surface area contributed by atoms with Gasteiger partial charge in [0.05, 0.1) is 11.3 Å². The van der Waals surface area contributed by atoms with E-state index in [0.717, 1.165) is 23.2 Å². The fraction of sp³-hybridized carbons (Fsp3) is 0.211. The van der Waals surface area contributed by atoms with E-state index in [2.05, 4.69) is 20.5 Å². The Bertz CT molecular complexity index is 937. The number of anilines is 1. The largest absolute Gasteiger partial charge is 0.486 e. The summed E-state index contributed by atoms with van der Waals surface area (Å²) in [7, 11) is 0. The van der Waals surface area contributed by atoms with Gasteiger partial charge in [-0.1, -0.05) is 13.0 Å². The Kier molecular flexibility index (Phi) is 4.27. The molecule has 7 nitrogen and oxygen atoms in total. The molecule has 2 aromatic heterocycles. The van der Waals surface area contributed by atoms with E-state index in [1.54, 1.807) is 30.6 Å². The average molecular weight is 350 g/mol. The number of carbonyl (C=O) groups excluding carboxylic acids is 1. The van der Waals surface area contributed by atoms with Gasteiger partial charge >= 0.3 is 0 Å². The van der Waals surface area contributed by atoms with E-state index in [0.29, 0.717) is 36.1 Å². The number of para-hydroxylation sites is 1. The first-order chi connectivity index (χ1) is 12.8. The number of benzene rings is 1. The Morgan fingerprint density at radius 3 is 2.81 bits per heavy atom. The number of ether oxygens (including phenoxy) is 2. The van der Waals surface area contributed by atoms with Crippen molar-refractivity contribution < 1.29 is 14.3 Å². The molecule has 0 aliphatic carbocycles. The summed E-state index contributed by atoms with van der Waals surface area (Å²) < 4.78 is 11.2. The van der Waals surface area contributed by atoms with Crippen LogP contribution in [0.3, 0.4) is 0 Å². The highest BCUT2D eigenvalue weighted by Gasteiger charge is 2.22. The first-order valence-corrected chi connectivity index (χ1v) is 8.45. The van der Waals surface area contributed by atoms with Crippen molar-refractivity contribution in [3.8, 4) is 22.8 Å². The van der Waals surface area contributed by atoms with Crippen molar-refractivity contribution in [2.45, 2.75) is 13.3 Å². The van der Waals surface area contributed by atoms with Crippen LogP contribution in [0.2, 0.25) is 0 Å². The molecule has 0 spiro atoms. The lowest BCUT2D eigenvalue weighted by molar-refractivity contribution is 0.101. The number of aromatic amines is 1. The monoisotopic (exact) mass is 350 g/mol. The highest BCUT2D eigenvalue weighted by atomic mass is 16.6. The van der Waals surface area contributed by atoms with E-state index in [9.17, 15) is 4.79 Å². The molecule has 4 rings (SSSR count). The van der Waals surface area contributed by atoms with Crippen LogP contribution in [-0.2, 0) is 6.42 Å². The summed E-state index contributed by atoms with van der Waals surface area (Å²) in [6.07, 6.45) is 4.17. The van der Waals surface area contributed by atoms with E-state index in [-0.39, 0.29) is 5.91 Å². The van der Waals surface area contributed by atoms with Crippen molar-refractivity contribution in [2.24, 2.45) is 0 Å². The number of nitrogens with one attached hydrogen (secondary N) is 2. The lowest BCUT2D eigenvalue weighted by atomic mass is 10.1. The maximum absolute atomic E-state index is 12.8. The Labute approximate surface area is 150 Å². The molecule has 0 fully saturated rings. The maximum atomic E-state index is 12.8. The topological polar surface area (TPSA) is 89.1 Å². The third kappa shape index (κ3) is 2.88.